The molecule has 0 amide bonds. The average molecular weight is 478 g/mol. The maximum atomic E-state index is 13.4. The van der Waals surface area contributed by atoms with Crippen LogP contribution in [0, 0.1) is 0 Å². The largest absolute Gasteiger partial charge is 0.422 e. The summed E-state index contributed by atoms with van der Waals surface area (Å²) in [5.74, 6) is 0. The fraction of sp³-hybridized carbons (Fsp3) is 0.833. The Morgan fingerprint density at radius 3 is 0.967 bits per heavy atom. The third-order valence-electron chi connectivity index (χ3n) is 5.29. The summed E-state index contributed by atoms with van der Waals surface area (Å²) in [6.45, 7) is 13.2. The summed E-state index contributed by atoms with van der Waals surface area (Å²) in [6, 6.07) is 0. The summed E-state index contributed by atoms with van der Waals surface area (Å²) in [5, 5.41) is 0. The number of rotatable bonds is 15. The van der Waals surface area contributed by atoms with Crippen LogP contribution in [0.5, 0.6) is 0 Å². The van der Waals surface area contributed by atoms with Crippen molar-refractivity contribution < 1.29 is 13.3 Å². The van der Waals surface area contributed by atoms with Crippen molar-refractivity contribution in [3.63, 3.8) is 0 Å². The Kier molecular flexibility index (Phi) is 12.7. The minimum Gasteiger partial charge on any atom is -0.422 e. The summed E-state index contributed by atoms with van der Waals surface area (Å²) < 4.78 is 20.9. The predicted octanol–water partition coefficient (Wildman–Crippen LogP) is -0.742. The number of hydrogen-bond donors (Lipinski definition) is 0. The molecule has 0 bridgehead atoms. The quantitative estimate of drug-likeness (QED) is 0.309. The molecule has 0 N–H and O–H groups in total. The van der Waals surface area contributed by atoms with Crippen LogP contribution in [0.4, 0.5) is 0 Å². The van der Waals surface area contributed by atoms with Gasteiger partial charge in [0.05, 0.1) is 17.0 Å². The Morgan fingerprint density at radius 2 is 0.800 bits per heavy atom. The summed E-state index contributed by atoms with van der Waals surface area (Å²) in [6.07, 6.45) is 1.83. The van der Waals surface area contributed by atoms with E-state index in [1.54, 1.807) is 0 Å². The number of nitrogens with zero attached hydrogens (tertiary/aromatic N) is 3. The van der Waals surface area contributed by atoms with Crippen molar-refractivity contribution in [2.45, 2.75) is 77.8 Å². The van der Waals surface area contributed by atoms with Gasteiger partial charge in [-0.15, -0.1) is 0 Å². The van der Waals surface area contributed by atoms with E-state index in [1.807, 2.05) is 41.5 Å². The number of hydrogen-bond acceptors (Lipinski definition) is 6. The molecule has 30 heavy (non-hydrogen) atoms. The molecule has 9 nitrogen and oxygen atoms in total. The Labute approximate surface area is 185 Å². The lowest BCUT2D eigenvalue weighted by molar-refractivity contribution is 0.311. The molecule has 0 saturated heterocycles. The van der Waals surface area contributed by atoms with E-state index in [-0.39, 0.29) is 17.0 Å². The molecule has 3 atom stereocenters. The van der Waals surface area contributed by atoms with Gasteiger partial charge in [0.1, 0.15) is 0 Å². The van der Waals surface area contributed by atoms with Crippen molar-refractivity contribution in [3.8, 4) is 0 Å². The Bertz CT molecular complexity index is 675. The van der Waals surface area contributed by atoms with Gasteiger partial charge in [-0.2, -0.15) is 0 Å². The molecule has 3 unspecified atom stereocenters. The highest BCUT2D eigenvalue weighted by atomic mass is 28.2. The Balaban J connectivity index is 3.81. The normalized spacial score (nSPS) is 15.8. The molecule has 0 aliphatic carbocycles. The SMILES string of the molecule is CCO[SiH2]C(CC)n1c(=O)n(C(CC)[SiH2]OCC)c(=O)n(C(CC)[SiH2]OCC)c1=O. The van der Waals surface area contributed by atoms with Gasteiger partial charge in [-0.05, 0) is 40.0 Å². The maximum absolute atomic E-state index is 13.4. The zero-order valence-corrected chi connectivity index (χ0v) is 23.6. The first-order chi connectivity index (χ1) is 14.4. The number of aromatic nitrogens is 3. The van der Waals surface area contributed by atoms with E-state index >= 15 is 0 Å². The van der Waals surface area contributed by atoms with Crippen LogP contribution in [0.3, 0.4) is 0 Å². The third-order valence-corrected chi connectivity index (χ3v) is 11.2. The topological polar surface area (TPSA) is 93.7 Å². The summed E-state index contributed by atoms with van der Waals surface area (Å²) >= 11 is 0. The van der Waals surface area contributed by atoms with E-state index in [9.17, 15) is 14.4 Å². The summed E-state index contributed by atoms with van der Waals surface area (Å²) in [4.78, 5) is 40.3. The molecule has 0 fully saturated rings. The van der Waals surface area contributed by atoms with Crippen LogP contribution in [0.25, 0.3) is 0 Å². The van der Waals surface area contributed by atoms with Crippen molar-refractivity contribution in [1.82, 2.24) is 13.7 Å². The second kappa shape index (κ2) is 14.1. The van der Waals surface area contributed by atoms with Crippen molar-refractivity contribution >= 4 is 29.3 Å². The fourth-order valence-electron chi connectivity index (χ4n) is 3.42. The predicted molar refractivity (Wildman–Crippen MR) is 128 cm³/mol. The molecule has 0 spiro atoms. The van der Waals surface area contributed by atoms with Crippen molar-refractivity contribution in [3.05, 3.63) is 31.5 Å². The van der Waals surface area contributed by atoms with Gasteiger partial charge in [0, 0.05) is 19.8 Å². The third kappa shape index (κ3) is 6.47. The minimum absolute atomic E-state index is 0.291. The van der Waals surface area contributed by atoms with Crippen molar-refractivity contribution in [2.24, 2.45) is 0 Å². The lowest BCUT2D eigenvalue weighted by Crippen LogP contribution is -2.59. The molecule has 1 heterocycles. The first-order valence-electron chi connectivity index (χ1n) is 11.2. The molecule has 0 saturated carbocycles. The lowest BCUT2D eigenvalue weighted by atomic mass is 10.4. The van der Waals surface area contributed by atoms with Gasteiger partial charge < -0.3 is 13.3 Å². The van der Waals surface area contributed by atoms with Crippen LogP contribution in [0.15, 0.2) is 14.4 Å². The zero-order chi connectivity index (χ0) is 22.7. The highest BCUT2D eigenvalue weighted by Gasteiger charge is 2.28. The van der Waals surface area contributed by atoms with E-state index in [0.29, 0.717) is 39.1 Å². The molecule has 174 valence electrons. The monoisotopic (exact) mass is 477 g/mol. The molecule has 1 rings (SSSR count). The first kappa shape index (κ1) is 27.0. The summed E-state index contributed by atoms with van der Waals surface area (Å²) in [5.41, 5.74) is -2.44. The molecule has 1 aromatic heterocycles. The maximum Gasteiger partial charge on any atom is 0.336 e. The molecular formula is C18H39N3O6Si3. The van der Waals surface area contributed by atoms with Crippen LogP contribution in [0.2, 0.25) is 0 Å². The van der Waals surface area contributed by atoms with Gasteiger partial charge in [0.15, 0.2) is 29.3 Å². The average Bonchev–Trinajstić information content (AvgIpc) is 2.74. The van der Waals surface area contributed by atoms with Crippen molar-refractivity contribution in [1.29, 1.82) is 0 Å². The molecule has 0 aliphatic heterocycles. The second-order valence-corrected chi connectivity index (χ2v) is 12.2. The second-order valence-electron chi connectivity index (χ2n) is 7.12. The smallest absolute Gasteiger partial charge is 0.336 e. The molecule has 0 aromatic carbocycles. The molecule has 1 aromatic rings. The highest BCUT2D eigenvalue weighted by molar-refractivity contribution is 6.29. The highest BCUT2D eigenvalue weighted by Crippen LogP contribution is 2.10. The van der Waals surface area contributed by atoms with Crippen LogP contribution in [0.1, 0.15) is 77.8 Å². The molecule has 0 aliphatic rings. The standard InChI is InChI=1S/C18H39N3O6Si3/c1-7-13(28-25-10-4)19-16(22)20(14(8-2)29-26-11-5)18(24)21(17(19)23)15(9-3)30-27-12-6/h13-15H,7-12,28-30H2,1-6H3. The van der Waals surface area contributed by atoms with E-state index < -0.39 is 46.4 Å². The molecule has 0 radical (unpaired) electrons. The van der Waals surface area contributed by atoms with Gasteiger partial charge in [-0.25, -0.2) is 28.1 Å². The molecule has 12 heteroatoms. The van der Waals surface area contributed by atoms with E-state index in [4.69, 9.17) is 13.3 Å². The zero-order valence-electron chi connectivity index (χ0n) is 19.4. The van der Waals surface area contributed by atoms with Crippen LogP contribution in [-0.4, -0.2) is 62.8 Å². The molecular weight excluding hydrogens is 438 g/mol. The van der Waals surface area contributed by atoms with Gasteiger partial charge in [-0.1, -0.05) is 20.8 Å². The van der Waals surface area contributed by atoms with Crippen LogP contribution < -0.4 is 17.1 Å². The van der Waals surface area contributed by atoms with Crippen LogP contribution >= 0.6 is 0 Å². The van der Waals surface area contributed by atoms with E-state index in [1.165, 1.54) is 13.7 Å². The Hall–Kier alpha value is -1.06. The van der Waals surface area contributed by atoms with Crippen molar-refractivity contribution in [2.75, 3.05) is 19.8 Å². The lowest BCUT2D eigenvalue weighted by Gasteiger charge is -2.25. The van der Waals surface area contributed by atoms with Gasteiger partial charge in [0.25, 0.3) is 0 Å². The summed E-state index contributed by atoms with van der Waals surface area (Å²) in [7, 11) is -3.48. The Morgan fingerprint density at radius 1 is 0.567 bits per heavy atom. The fourth-order valence-corrected chi connectivity index (χ4v) is 7.03. The van der Waals surface area contributed by atoms with Gasteiger partial charge in [-0.3, -0.25) is 0 Å². The first-order valence-corrected chi connectivity index (χ1v) is 15.3. The van der Waals surface area contributed by atoms with Crippen LogP contribution in [-0.2, 0) is 13.3 Å². The van der Waals surface area contributed by atoms with E-state index in [2.05, 4.69) is 0 Å². The van der Waals surface area contributed by atoms with E-state index in [0.717, 1.165) is 0 Å². The minimum atomic E-state index is -1.16. The van der Waals surface area contributed by atoms with Gasteiger partial charge >= 0.3 is 17.1 Å². The van der Waals surface area contributed by atoms with Gasteiger partial charge in [0.2, 0.25) is 0 Å².